The van der Waals surface area contributed by atoms with E-state index in [9.17, 15) is 18.0 Å². The normalized spacial score (nSPS) is 19.0. The highest BCUT2D eigenvalue weighted by molar-refractivity contribution is 7.90. The van der Waals surface area contributed by atoms with Crippen molar-refractivity contribution in [2.45, 2.75) is 10.6 Å². The summed E-state index contributed by atoms with van der Waals surface area (Å²) in [6.07, 6.45) is 0.962. The van der Waals surface area contributed by atoms with Crippen molar-refractivity contribution in [1.29, 1.82) is 0 Å². The van der Waals surface area contributed by atoms with Gasteiger partial charge in [0.25, 0.3) is 11.6 Å². The third-order valence-corrected chi connectivity index (χ3v) is 7.09. The molecule has 148 valence electrons. The smallest absolute Gasteiger partial charge is 0.276 e. The first-order chi connectivity index (χ1) is 13.6. The Hall–Kier alpha value is -2.55. The number of fused-ring (bicyclic) bond motifs is 1. The van der Waals surface area contributed by atoms with Crippen molar-refractivity contribution in [3.63, 3.8) is 0 Å². The standard InChI is InChI=1S/C20H13ClFNO4S2/c1-29(26,27)13-9-5-8-12(10-13)20(22)16(24)15-14(11-6-3-2-4-7-11)17(21)28-18(15)23-19(20)25/h2-10H,1H3,(H,23,25). The van der Waals surface area contributed by atoms with E-state index in [2.05, 4.69) is 5.32 Å². The summed E-state index contributed by atoms with van der Waals surface area (Å²) in [6, 6.07) is 13.5. The molecule has 1 amide bonds. The number of amides is 1. The van der Waals surface area contributed by atoms with Crippen LogP contribution in [-0.4, -0.2) is 26.4 Å². The van der Waals surface area contributed by atoms with Gasteiger partial charge in [0.2, 0.25) is 5.78 Å². The van der Waals surface area contributed by atoms with E-state index in [1.54, 1.807) is 30.3 Å². The highest BCUT2D eigenvalue weighted by Crippen LogP contribution is 2.49. The minimum atomic E-state index is -3.66. The summed E-state index contributed by atoms with van der Waals surface area (Å²) in [5.41, 5.74) is -2.53. The molecule has 2 aromatic carbocycles. The van der Waals surface area contributed by atoms with Crippen molar-refractivity contribution in [1.82, 2.24) is 0 Å². The lowest BCUT2D eigenvalue weighted by Gasteiger charge is -2.28. The van der Waals surface area contributed by atoms with Gasteiger partial charge in [-0.2, -0.15) is 0 Å². The van der Waals surface area contributed by atoms with Gasteiger partial charge in [0.15, 0.2) is 9.84 Å². The van der Waals surface area contributed by atoms with E-state index >= 15 is 4.39 Å². The van der Waals surface area contributed by atoms with Gasteiger partial charge in [0.05, 0.1) is 10.5 Å². The predicted molar refractivity (Wildman–Crippen MR) is 110 cm³/mol. The highest BCUT2D eigenvalue weighted by atomic mass is 35.5. The number of nitrogens with one attached hydrogen (secondary N) is 1. The van der Waals surface area contributed by atoms with E-state index in [-0.39, 0.29) is 25.4 Å². The number of Topliss-reactive ketones (excluding diaryl/α,β-unsaturated/α-hetero) is 1. The second kappa shape index (κ2) is 6.76. The Morgan fingerprint density at radius 1 is 1.03 bits per heavy atom. The topological polar surface area (TPSA) is 80.3 Å². The number of anilines is 1. The average Bonchev–Trinajstić information content (AvgIpc) is 3.02. The maximum Gasteiger partial charge on any atom is 0.276 e. The number of carbonyl (C=O) groups excluding carboxylic acids is 2. The van der Waals surface area contributed by atoms with Crippen molar-refractivity contribution in [2.24, 2.45) is 0 Å². The Kier molecular flexibility index (Phi) is 4.60. The molecule has 3 aromatic rings. The first-order valence-electron chi connectivity index (χ1n) is 8.37. The van der Waals surface area contributed by atoms with Crippen LogP contribution in [0, 0.1) is 0 Å². The number of alkyl halides is 1. The van der Waals surface area contributed by atoms with Crippen LogP contribution in [-0.2, 0) is 20.3 Å². The van der Waals surface area contributed by atoms with E-state index in [1.165, 1.54) is 18.2 Å². The number of carbonyl (C=O) groups is 2. The molecule has 0 saturated carbocycles. The number of sulfone groups is 1. The van der Waals surface area contributed by atoms with Gasteiger partial charge in [-0.3, -0.25) is 9.59 Å². The molecule has 0 saturated heterocycles. The largest absolute Gasteiger partial charge is 0.313 e. The number of ketones is 1. The van der Waals surface area contributed by atoms with Crippen LogP contribution in [0.3, 0.4) is 0 Å². The van der Waals surface area contributed by atoms with Crippen molar-refractivity contribution >= 4 is 49.5 Å². The average molecular weight is 450 g/mol. The molecule has 1 unspecified atom stereocenters. The number of benzene rings is 2. The second-order valence-corrected chi connectivity index (χ2v) is 10.2. The van der Waals surface area contributed by atoms with E-state index in [1.807, 2.05) is 0 Å². The molecule has 5 nitrogen and oxygen atoms in total. The van der Waals surface area contributed by atoms with Crippen LogP contribution in [0.15, 0.2) is 59.5 Å². The summed E-state index contributed by atoms with van der Waals surface area (Å²) < 4.78 is 40.0. The minimum absolute atomic E-state index is 0.0296. The zero-order valence-electron chi connectivity index (χ0n) is 14.9. The number of hydrogen-bond acceptors (Lipinski definition) is 5. The molecule has 1 aromatic heterocycles. The molecular weight excluding hydrogens is 437 g/mol. The van der Waals surface area contributed by atoms with Crippen molar-refractivity contribution in [3.8, 4) is 11.1 Å². The number of halogens is 2. The summed E-state index contributed by atoms with van der Waals surface area (Å²) >= 11 is 7.29. The first-order valence-corrected chi connectivity index (χ1v) is 11.5. The molecule has 1 atom stereocenters. The molecule has 2 heterocycles. The van der Waals surface area contributed by atoms with E-state index in [4.69, 9.17) is 11.6 Å². The molecule has 0 fully saturated rings. The summed E-state index contributed by atoms with van der Waals surface area (Å²) in [5.74, 6) is -2.26. The van der Waals surface area contributed by atoms with Crippen LogP contribution >= 0.6 is 22.9 Å². The Morgan fingerprint density at radius 2 is 1.72 bits per heavy atom. The molecule has 9 heteroatoms. The van der Waals surface area contributed by atoms with Crippen molar-refractivity contribution < 1.29 is 22.4 Å². The zero-order chi connectivity index (χ0) is 21.0. The highest BCUT2D eigenvalue weighted by Gasteiger charge is 2.54. The van der Waals surface area contributed by atoms with Gasteiger partial charge in [-0.15, -0.1) is 11.3 Å². The summed E-state index contributed by atoms with van der Waals surface area (Å²) in [6.45, 7) is 0. The van der Waals surface area contributed by atoms with Gasteiger partial charge in [-0.05, 0) is 17.7 Å². The van der Waals surface area contributed by atoms with Crippen LogP contribution < -0.4 is 5.32 Å². The third-order valence-electron chi connectivity index (χ3n) is 4.67. The molecule has 0 spiro atoms. The van der Waals surface area contributed by atoms with Crippen LogP contribution in [0.5, 0.6) is 0 Å². The first kappa shape index (κ1) is 19.8. The Balaban J connectivity index is 1.93. The van der Waals surface area contributed by atoms with Gasteiger partial charge in [0, 0.05) is 17.4 Å². The quantitative estimate of drug-likeness (QED) is 0.598. The fraction of sp³-hybridized carbons (Fsp3) is 0.100. The van der Waals surface area contributed by atoms with Crippen LogP contribution in [0.2, 0.25) is 4.34 Å². The SMILES string of the molecule is CS(=O)(=O)c1cccc(C2(F)C(=O)Nc3sc(Cl)c(-c4ccccc4)c3C2=O)c1. The molecule has 1 aliphatic rings. The third kappa shape index (κ3) is 3.08. The summed E-state index contributed by atoms with van der Waals surface area (Å²) in [4.78, 5) is 25.7. The number of rotatable bonds is 3. The molecule has 0 radical (unpaired) electrons. The fourth-order valence-electron chi connectivity index (χ4n) is 3.24. The minimum Gasteiger partial charge on any atom is -0.313 e. The lowest BCUT2D eigenvalue weighted by Crippen LogP contribution is -2.47. The van der Waals surface area contributed by atoms with Gasteiger partial charge < -0.3 is 5.32 Å². The van der Waals surface area contributed by atoms with E-state index in [0.717, 1.165) is 23.7 Å². The Morgan fingerprint density at radius 3 is 2.38 bits per heavy atom. The lowest BCUT2D eigenvalue weighted by molar-refractivity contribution is -0.125. The van der Waals surface area contributed by atoms with Crippen LogP contribution in [0.25, 0.3) is 11.1 Å². The monoisotopic (exact) mass is 449 g/mol. The molecular formula is C20H13ClFNO4S2. The fourth-order valence-corrected chi connectivity index (χ4v) is 5.28. The summed E-state index contributed by atoms with van der Waals surface area (Å²) in [7, 11) is -3.66. The van der Waals surface area contributed by atoms with Gasteiger partial charge >= 0.3 is 0 Å². The maximum absolute atomic E-state index is 16.0. The molecule has 1 N–H and O–H groups in total. The molecule has 0 bridgehead atoms. The van der Waals surface area contributed by atoms with Gasteiger partial charge in [-0.1, -0.05) is 54.1 Å². The predicted octanol–water partition coefficient (Wildman–Crippen LogP) is 4.47. The Bertz CT molecular complexity index is 1270. The van der Waals surface area contributed by atoms with E-state index < -0.39 is 27.2 Å². The maximum atomic E-state index is 16.0. The lowest BCUT2D eigenvalue weighted by atomic mass is 9.83. The summed E-state index contributed by atoms with van der Waals surface area (Å²) in [5, 5.41) is 2.58. The van der Waals surface area contributed by atoms with Crippen molar-refractivity contribution in [3.05, 3.63) is 70.1 Å². The second-order valence-electron chi connectivity index (χ2n) is 6.56. The van der Waals surface area contributed by atoms with Gasteiger partial charge in [0.1, 0.15) is 9.34 Å². The van der Waals surface area contributed by atoms with Crippen LogP contribution in [0.1, 0.15) is 15.9 Å². The molecule has 29 heavy (non-hydrogen) atoms. The number of hydrogen-bond donors (Lipinski definition) is 1. The molecule has 4 rings (SSSR count). The van der Waals surface area contributed by atoms with Crippen molar-refractivity contribution in [2.75, 3.05) is 11.6 Å². The zero-order valence-corrected chi connectivity index (χ0v) is 17.3. The van der Waals surface area contributed by atoms with Crippen LogP contribution in [0.4, 0.5) is 9.39 Å². The van der Waals surface area contributed by atoms with E-state index in [0.29, 0.717) is 11.1 Å². The molecule has 1 aliphatic heterocycles. The number of thiophene rings is 1. The Labute approximate surface area is 175 Å². The van der Waals surface area contributed by atoms with Gasteiger partial charge in [-0.25, -0.2) is 12.8 Å². The molecule has 0 aliphatic carbocycles.